The molecule has 0 spiro atoms. The minimum atomic E-state index is 0.0296. The van der Waals surface area contributed by atoms with Crippen molar-refractivity contribution in [3.8, 4) is 5.75 Å². The zero-order valence-electron chi connectivity index (χ0n) is 17.7. The van der Waals surface area contributed by atoms with Crippen molar-refractivity contribution in [3.05, 3.63) is 90.0 Å². The van der Waals surface area contributed by atoms with Crippen LogP contribution in [0.1, 0.15) is 42.2 Å². The molecule has 1 amide bonds. The van der Waals surface area contributed by atoms with Crippen molar-refractivity contribution in [1.29, 1.82) is 0 Å². The van der Waals surface area contributed by atoms with E-state index in [0.29, 0.717) is 5.56 Å². The molecule has 30 heavy (non-hydrogen) atoms. The zero-order valence-corrected chi connectivity index (χ0v) is 17.7. The van der Waals surface area contributed by atoms with E-state index in [1.807, 2.05) is 59.5 Å². The van der Waals surface area contributed by atoms with Crippen LogP contribution in [0, 0.1) is 5.92 Å². The van der Waals surface area contributed by atoms with Crippen LogP contribution in [0.3, 0.4) is 0 Å². The van der Waals surface area contributed by atoms with Gasteiger partial charge in [0.05, 0.1) is 13.2 Å². The van der Waals surface area contributed by atoms with Gasteiger partial charge in [0.15, 0.2) is 0 Å². The Morgan fingerprint density at radius 1 is 0.967 bits per heavy atom. The van der Waals surface area contributed by atoms with Crippen LogP contribution in [0.4, 0.5) is 11.4 Å². The molecule has 154 valence electrons. The molecule has 4 nitrogen and oxygen atoms in total. The second-order valence-electron chi connectivity index (χ2n) is 7.79. The highest BCUT2D eigenvalue weighted by molar-refractivity contribution is 6.07. The molecule has 0 saturated heterocycles. The van der Waals surface area contributed by atoms with Gasteiger partial charge in [-0.15, -0.1) is 0 Å². The van der Waals surface area contributed by atoms with Crippen molar-refractivity contribution in [1.82, 2.24) is 0 Å². The number of hydrogen-bond donors (Lipinski definition) is 1. The van der Waals surface area contributed by atoms with Crippen molar-refractivity contribution < 1.29 is 9.53 Å². The molecule has 0 bridgehead atoms. The topological polar surface area (TPSA) is 41.6 Å². The summed E-state index contributed by atoms with van der Waals surface area (Å²) in [5.41, 5.74) is 3.90. The van der Waals surface area contributed by atoms with E-state index < -0.39 is 0 Å². The molecule has 3 unspecified atom stereocenters. The number of carbonyl (C=O) groups excluding carboxylic acids is 1. The van der Waals surface area contributed by atoms with E-state index in [0.717, 1.165) is 29.1 Å². The van der Waals surface area contributed by atoms with Gasteiger partial charge in [-0.25, -0.2) is 0 Å². The molecule has 1 aliphatic rings. The van der Waals surface area contributed by atoms with E-state index in [-0.39, 0.29) is 23.9 Å². The molecule has 0 saturated carbocycles. The van der Waals surface area contributed by atoms with Gasteiger partial charge in [-0.2, -0.15) is 0 Å². The van der Waals surface area contributed by atoms with Crippen molar-refractivity contribution in [2.75, 3.05) is 17.3 Å². The minimum Gasteiger partial charge on any atom is -0.497 e. The molecule has 3 aromatic carbocycles. The Bertz CT molecular complexity index is 1000. The molecule has 3 aromatic rings. The summed E-state index contributed by atoms with van der Waals surface area (Å²) in [5, 5.41) is 3.71. The maximum Gasteiger partial charge on any atom is 0.258 e. The molecule has 0 aliphatic carbocycles. The lowest BCUT2D eigenvalue weighted by atomic mass is 9.80. The van der Waals surface area contributed by atoms with Crippen molar-refractivity contribution in [2.24, 2.45) is 5.92 Å². The number of hydrogen-bond acceptors (Lipinski definition) is 3. The van der Waals surface area contributed by atoms with Crippen LogP contribution in [0.25, 0.3) is 0 Å². The molecule has 0 radical (unpaired) electrons. The quantitative estimate of drug-likeness (QED) is 0.578. The highest BCUT2D eigenvalue weighted by atomic mass is 16.5. The summed E-state index contributed by atoms with van der Waals surface area (Å²) in [5.74, 6) is 1.02. The number of anilines is 2. The SMILES string of the molecule is CCC1C(C)C(Nc2ccccc2)c2ccccc2N1C(=O)c1ccc(OC)cc1. The smallest absolute Gasteiger partial charge is 0.258 e. The predicted molar refractivity (Wildman–Crippen MR) is 122 cm³/mol. The van der Waals surface area contributed by atoms with Crippen LogP contribution in [-0.2, 0) is 0 Å². The Morgan fingerprint density at radius 2 is 1.63 bits per heavy atom. The summed E-state index contributed by atoms with van der Waals surface area (Å²) in [6.45, 7) is 4.39. The second-order valence-corrected chi connectivity index (χ2v) is 7.79. The minimum absolute atomic E-state index is 0.0296. The molecular weight excluding hydrogens is 372 g/mol. The average molecular weight is 401 g/mol. The molecule has 1 N–H and O–H groups in total. The van der Waals surface area contributed by atoms with Gasteiger partial charge in [0, 0.05) is 28.9 Å². The largest absolute Gasteiger partial charge is 0.497 e. The van der Waals surface area contributed by atoms with Crippen LogP contribution in [0.2, 0.25) is 0 Å². The number of carbonyl (C=O) groups is 1. The number of para-hydroxylation sites is 2. The number of amides is 1. The van der Waals surface area contributed by atoms with E-state index in [2.05, 4.69) is 43.4 Å². The predicted octanol–water partition coefficient (Wildman–Crippen LogP) is 5.92. The van der Waals surface area contributed by atoms with Crippen molar-refractivity contribution >= 4 is 17.3 Å². The Balaban J connectivity index is 1.74. The molecule has 0 fully saturated rings. The normalized spacial score (nSPS) is 20.4. The van der Waals surface area contributed by atoms with Gasteiger partial charge >= 0.3 is 0 Å². The van der Waals surface area contributed by atoms with Crippen LogP contribution < -0.4 is 15.0 Å². The third-order valence-corrected chi connectivity index (χ3v) is 6.07. The number of rotatable bonds is 5. The lowest BCUT2D eigenvalue weighted by Crippen LogP contribution is -2.50. The molecule has 4 heteroatoms. The molecule has 4 rings (SSSR count). The Morgan fingerprint density at radius 3 is 2.30 bits per heavy atom. The lowest BCUT2D eigenvalue weighted by molar-refractivity contribution is 0.0960. The van der Waals surface area contributed by atoms with Gasteiger partial charge in [-0.3, -0.25) is 4.79 Å². The van der Waals surface area contributed by atoms with Crippen LogP contribution >= 0.6 is 0 Å². The second kappa shape index (κ2) is 8.62. The van der Waals surface area contributed by atoms with Crippen molar-refractivity contribution in [2.45, 2.75) is 32.4 Å². The van der Waals surface area contributed by atoms with Gasteiger partial charge < -0.3 is 15.0 Å². The van der Waals surface area contributed by atoms with E-state index in [4.69, 9.17) is 4.74 Å². The standard InChI is InChI=1S/C26H28N2O2/c1-4-23-18(2)25(27-20-10-6-5-7-11-20)22-12-8-9-13-24(22)28(23)26(29)19-14-16-21(30-3)17-15-19/h5-18,23,25,27H,4H2,1-3H3. The number of nitrogens with zero attached hydrogens (tertiary/aromatic N) is 1. The van der Waals surface area contributed by atoms with E-state index in [1.165, 1.54) is 0 Å². The third kappa shape index (κ3) is 3.65. The molecular formula is C26H28N2O2. The third-order valence-electron chi connectivity index (χ3n) is 6.07. The summed E-state index contributed by atoms with van der Waals surface area (Å²) >= 11 is 0. The van der Waals surface area contributed by atoms with Gasteiger partial charge in [0.2, 0.25) is 0 Å². The Kier molecular flexibility index (Phi) is 5.75. The van der Waals surface area contributed by atoms with Gasteiger partial charge in [0.25, 0.3) is 5.91 Å². The molecule has 3 atom stereocenters. The first-order chi connectivity index (χ1) is 14.6. The monoisotopic (exact) mass is 400 g/mol. The van der Waals surface area contributed by atoms with Gasteiger partial charge in [0.1, 0.15) is 5.75 Å². The summed E-state index contributed by atoms with van der Waals surface area (Å²) in [6, 6.07) is 26.1. The molecule has 1 heterocycles. The lowest BCUT2D eigenvalue weighted by Gasteiger charge is -2.45. The number of fused-ring (bicyclic) bond motifs is 1. The molecule has 1 aliphatic heterocycles. The zero-order chi connectivity index (χ0) is 21.1. The summed E-state index contributed by atoms with van der Waals surface area (Å²) in [7, 11) is 1.63. The van der Waals surface area contributed by atoms with E-state index in [9.17, 15) is 4.79 Å². The fourth-order valence-electron chi connectivity index (χ4n) is 4.50. The first kappa shape index (κ1) is 20.0. The van der Waals surface area contributed by atoms with E-state index >= 15 is 0 Å². The summed E-state index contributed by atoms with van der Waals surface area (Å²) in [4.78, 5) is 15.6. The Hall–Kier alpha value is -3.27. The van der Waals surface area contributed by atoms with Crippen LogP contribution in [0.5, 0.6) is 5.75 Å². The first-order valence-electron chi connectivity index (χ1n) is 10.5. The number of methoxy groups -OCH3 is 1. The first-order valence-corrected chi connectivity index (χ1v) is 10.5. The Labute approximate surface area is 178 Å². The fraction of sp³-hybridized carbons (Fsp3) is 0.269. The average Bonchev–Trinajstić information content (AvgIpc) is 2.80. The summed E-state index contributed by atoms with van der Waals surface area (Å²) in [6.07, 6.45) is 0.879. The number of ether oxygens (including phenoxy) is 1. The number of benzene rings is 3. The van der Waals surface area contributed by atoms with E-state index in [1.54, 1.807) is 7.11 Å². The fourth-order valence-corrected chi connectivity index (χ4v) is 4.50. The highest BCUT2D eigenvalue weighted by Crippen LogP contribution is 2.44. The summed E-state index contributed by atoms with van der Waals surface area (Å²) < 4.78 is 5.25. The van der Waals surface area contributed by atoms with Gasteiger partial charge in [-0.05, 0) is 54.4 Å². The number of nitrogens with one attached hydrogen (secondary N) is 1. The maximum absolute atomic E-state index is 13.6. The maximum atomic E-state index is 13.6. The molecule has 0 aromatic heterocycles. The highest BCUT2D eigenvalue weighted by Gasteiger charge is 2.40. The van der Waals surface area contributed by atoms with Gasteiger partial charge in [-0.1, -0.05) is 50.2 Å². The van der Waals surface area contributed by atoms with Crippen LogP contribution in [0.15, 0.2) is 78.9 Å². The van der Waals surface area contributed by atoms with Crippen molar-refractivity contribution in [3.63, 3.8) is 0 Å². The van der Waals surface area contributed by atoms with Crippen LogP contribution in [-0.4, -0.2) is 19.1 Å².